The summed E-state index contributed by atoms with van der Waals surface area (Å²) >= 11 is 0. The number of nitrogens with one attached hydrogen (secondary N) is 1. The van der Waals surface area contributed by atoms with Gasteiger partial charge in [0, 0.05) is 6.42 Å². The molecule has 0 aromatic carbocycles. The van der Waals surface area contributed by atoms with Crippen LogP contribution in [0.5, 0.6) is 0 Å². The highest BCUT2D eigenvalue weighted by molar-refractivity contribution is 6.12. The Morgan fingerprint density at radius 3 is 2.76 bits per heavy atom. The summed E-state index contributed by atoms with van der Waals surface area (Å²) in [5, 5.41) is 28.2. The molecule has 0 radical (unpaired) electrons. The summed E-state index contributed by atoms with van der Waals surface area (Å²) in [6.07, 6.45) is 3.52. The Morgan fingerprint density at radius 2 is 2.10 bits per heavy atom. The molecule has 0 amide bonds. The van der Waals surface area contributed by atoms with Crippen molar-refractivity contribution in [2.45, 2.75) is 50.9 Å². The molecular weight excluding hydrogens is 268 g/mol. The molecule has 1 spiro atoms. The van der Waals surface area contributed by atoms with Gasteiger partial charge in [0.1, 0.15) is 5.84 Å². The van der Waals surface area contributed by atoms with Crippen molar-refractivity contribution in [3.63, 3.8) is 0 Å². The maximum absolute atomic E-state index is 9.98. The van der Waals surface area contributed by atoms with Crippen LogP contribution in [0.3, 0.4) is 0 Å². The van der Waals surface area contributed by atoms with Gasteiger partial charge in [-0.1, -0.05) is 13.3 Å². The second kappa shape index (κ2) is 3.64. The van der Waals surface area contributed by atoms with Crippen molar-refractivity contribution in [1.29, 1.82) is 15.9 Å². The summed E-state index contributed by atoms with van der Waals surface area (Å²) in [6, 6.07) is 4.59. The Labute approximate surface area is 122 Å². The number of rotatable bonds is 1. The van der Waals surface area contributed by atoms with Crippen molar-refractivity contribution in [2.24, 2.45) is 21.7 Å². The third-order valence-corrected chi connectivity index (χ3v) is 5.69. The van der Waals surface area contributed by atoms with Crippen LogP contribution in [0.2, 0.25) is 0 Å². The van der Waals surface area contributed by atoms with Crippen LogP contribution in [0, 0.1) is 44.8 Å². The molecule has 0 unspecified atom stereocenters. The molecule has 3 saturated heterocycles. The number of ether oxygens (including phenoxy) is 2. The molecule has 0 aromatic heterocycles. The predicted octanol–water partition coefficient (Wildman–Crippen LogP) is 2.12. The van der Waals surface area contributed by atoms with Gasteiger partial charge in [0.05, 0.1) is 24.2 Å². The van der Waals surface area contributed by atoms with Crippen LogP contribution in [-0.2, 0) is 9.47 Å². The Morgan fingerprint density at radius 1 is 1.33 bits per heavy atom. The summed E-state index contributed by atoms with van der Waals surface area (Å²) in [5.41, 5.74) is -2.47. The first-order valence-electron chi connectivity index (χ1n) is 7.49. The van der Waals surface area contributed by atoms with E-state index in [4.69, 9.17) is 14.9 Å². The fourth-order valence-electron chi connectivity index (χ4n) is 4.83. The van der Waals surface area contributed by atoms with Crippen LogP contribution >= 0.6 is 0 Å². The van der Waals surface area contributed by atoms with Crippen LogP contribution in [0.1, 0.15) is 39.0 Å². The monoisotopic (exact) mass is 284 g/mol. The second-order valence-electron chi connectivity index (χ2n) is 6.33. The van der Waals surface area contributed by atoms with Crippen molar-refractivity contribution >= 4 is 11.7 Å². The largest absolute Gasteiger partial charge is 0.447 e. The lowest BCUT2D eigenvalue weighted by Gasteiger charge is -2.63. The third kappa shape index (κ3) is 1.04. The van der Waals surface area contributed by atoms with Gasteiger partial charge in [0.2, 0.25) is 11.7 Å². The van der Waals surface area contributed by atoms with Crippen molar-refractivity contribution < 1.29 is 9.47 Å². The zero-order valence-electron chi connectivity index (χ0n) is 11.8. The fraction of sp³-hybridized carbons (Fsp3) is 0.733. The lowest BCUT2D eigenvalue weighted by molar-refractivity contribution is -0.352. The standard InChI is InChI=1S/C15H16N4O2/c1-2-10-14(8-17)12-19-11(18)13(14,7-16)9-5-3-4-6-15(9,20-10)21-12/h9-10,18H,2-6H2,1H3/t9-,10-,13-,14+,15+/m0/s1. The van der Waals surface area contributed by atoms with Gasteiger partial charge in [-0.05, 0) is 19.3 Å². The van der Waals surface area contributed by atoms with Gasteiger partial charge >= 0.3 is 0 Å². The SMILES string of the molecule is CC[C@@H]1O[C@@]23CCCC[C@H]2[C@@]2(C#N)C(=N)N=C(O3)[C@@]12C#N. The van der Waals surface area contributed by atoms with E-state index in [9.17, 15) is 10.5 Å². The minimum atomic E-state index is -1.25. The van der Waals surface area contributed by atoms with E-state index in [1.165, 1.54) is 0 Å². The summed E-state index contributed by atoms with van der Waals surface area (Å²) < 4.78 is 12.2. The number of aliphatic imine (C=N–C) groups is 1. The molecule has 1 saturated carbocycles. The van der Waals surface area contributed by atoms with Crippen LogP contribution in [0.15, 0.2) is 4.99 Å². The highest BCUT2D eigenvalue weighted by Crippen LogP contribution is 2.69. The van der Waals surface area contributed by atoms with Crippen molar-refractivity contribution in [2.75, 3.05) is 0 Å². The molecular formula is C15H16N4O2. The van der Waals surface area contributed by atoms with Gasteiger partial charge in [0.25, 0.3) is 0 Å². The average molecular weight is 284 g/mol. The first-order valence-corrected chi connectivity index (χ1v) is 7.49. The van der Waals surface area contributed by atoms with Gasteiger partial charge < -0.3 is 9.47 Å². The highest BCUT2D eigenvalue weighted by Gasteiger charge is 2.83. The molecule has 4 aliphatic heterocycles. The van der Waals surface area contributed by atoms with E-state index < -0.39 is 22.7 Å². The molecule has 4 fully saturated rings. The van der Waals surface area contributed by atoms with Crippen molar-refractivity contribution in [3.8, 4) is 12.1 Å². The number of fused-ring (bicyclic) bond motifs is 1. The van der Waals surface area contributed by atoms with Gasteiger partial charge in [-0.15, -0.1) is 0 Å². The molecule has 108 valence electrons. The van der Waals surface area contributed by atoms with Gasteiger partial charge in [-0.2, -0.15) is 15.5 Å². The molecule has 1 aliphatic carbocycles. The van der Waals surface area contributed by atoms with Crippen LogP contribution in [-0.4, -0.2) is 23.6 Å². The molecule has 6 nitrogen and oxygen atoms in total. The maximum atomic E-state index is 9.98. The van der Waals surface area contributed by atoms with Crippen molar-refractivity contribution in [1.82, 2.24) is 0 Å². The summed E-state index contributed by atoms with van der Waals surface area (Å²) in [4.78, 5) is 4.19. The maximum Gasteiger partial charge on any atom is 0.218 e. The minimum absolute atomic E-state index is 0.0166. The number of hydrogen-bond donors (Lipinski definition) is 1. The summed E-state index contributed by atoms with van der Waals surface area (Å²) in [5.74, 6) is -0.923. The summed E-state index contributed by atoms with van der Waals surface area (Å²) in [6.45, 7) is 1.94. The number of hydrogen-bond acceptors (Lipinski definition) is 5. The average Bonchev–Trinajstić information content (AvgIpc) is 2.71. The Kier molecular flexibility index (Phi) is 2.22. The molecule has 4 bridgehead atoms. The molecule has 5 aliphatic rings. The highest BCUT2D eigenvalue weighted by atomic mass is 16.7. The first-order chi connectivity index (χ1) is 10.1. The van der Waals surface area contributed by atoms with E-state index in [1.807, 2.05) is 6.92 Å². The van der Waals surface area contributed by atoms with Crippen LogP contribution in [0.25, 0.3) is 0 Å². The fourth-order valence-corrected chi connectivity index (χ4v) is 4.83. The summed E-state index contributed by atoms with van der Waals surface area (Å²) in [7, 11) is 0. The topological polar surface area (TPSA) is 102 Å². The molecule has 1 N–H and O–H groups in total. The Hall–Kier alpha value is -1.92. The molecule has 6 heteroatoms. The number of nitrogens with zero attached hydrogens (tertiary/aromatic N) is 3. The first kappa shape index (κ1) is 12.8. The van der Waals surface area contributed by atoms with E-state index in [0.717, 1.165) is 19.3 Å². The van der Waals surface area contributed by atoms with Gasteiger partial charge in [-0.25, -0.2) is 0 Å². The van der Waals surface area contributed by atoms with E-state index >= 15 is 0 Å². The number of nitriles is 2. The quantitative estimate of drug-likeness (QED) is 0.796. The lowest BCUT2D eigenvalue weighted by Crippen LogP contribution is -2.75. The van der Waals surface area contributed by atoms with Crippen LogP contribution < -0.4 is 0 Å². The smallest absolute Gasteiger partial charge is 0.218 e. The zero-order chi connectivity index (χ0) is 14.9. The Bertz CT molecular complexity index is 660. The molecule has 5 rings (SSSR count). The molecule has 21 heavy (non-hydrogen) atoms. The predicted molar refractivity (Wildman–Crippen MR) is 72.2 cm³/mol. The van der Waals surface area contributed by atoms with Crippen LogP contribution in [0.4, 0.5) is 0 Å². The third-order valence-electron chi connectivity index (χ3n) is 5.69. The van der Waals surface area contributed by atoms with E-state index in [0.29, 0.717) is 12.8 Å². The molecule has 5 atom stereocenters. The normalized spacial score (nSPS) is 49.7. The molecule has 0 aromatic rings. The van der Waals surface area contributed by atoms with E-state index in [2.05, 4.69) is 17.1 Å². The van der Waals surface area contributed by atoms with E-state index in [-0.39, 0.29) is 17.7 Å². The number of amidine groups is 1. The second-order valence-corrected chi connectivity index (χ2v) is 6.33. The lowest BCUT2D eigenvalue weighted by atomic mass is 9.49. The van der Waals surface area contributed by atoms with Gasteiger partial charge in [0.15, 0.2) is 10.8 Å². The zero-order valence-corrected chi connectivity index (χ0v) is 11.8. The van der Waals surface area contributed by atoms with Gasteiger partial charge in [-0.3, -0.25) is 5.41 Å². The Balaban J connectivity index is 2.04. The van der Waals surface area contributed by atoms with Crippen molar-refractivity contribution in [3.05, 3.63) is 0 Å². The molecule has 4 heterocycles. The minimum Gasteiger partial charge on any atom is -0.447 e. The van der Waals surface area contributed by atoms with E-state index in [1.54, 1.807) is 0 Å².